The molecule has 0 bridgehead atoms. The Morgan fingerprint density at radius 3 is 2.41 bits per heavy atom. The lowest BCUT2D eigenvalue weighted by atomic mass is 9.78. The minimum atomic E-state index is 0.174. The average Bonchev–Trinajstić information content (AvgIpc) is 2.91. The predicted molar refractivity (Wildman–Crippen MR) is 74.0 cm³/mol. The van der Waals surface area contributed by atoms with E-state index in [1.54, 1.807) is 0 Å². The van der Waals surface area contributed by atoms with E-state index < -0.39 is 0 Å². The van der Waals surface area contributed by atoms with Crippen LogP contribution in [0.4, 0.5) is 0 Å². The van der Waals surface area contributed by atoms with E-state index in [9.17, 15) is 0 Å². The largest absolute Gasteiger partial charge is 0.307 e. The van der Waals surface area contributed by atoms with Gasteiger partial charge in [-0.1, -0.05) is 50.1 Å². The van der Waals surface area contributed by atoms with E-state index in [0.717, 1.165) is 12.5 Å². The Morgan fingerprint density at radius 2 is 1.82 bits per heavy atom. The lowest BCUT2D eigenvalue weighted by molar-refractivity contribution is 0.235. The first-order chi connectivity index (χ1) is 8.27. The van der Waals surface area contributed by atoms with Crippen LogP contribution in [0, 0.1) is 5.92 Å². The van der Waals surface area contributed by atoms with E-state index in [0.29, 0.717) is 0 Å². The van der Waals surface area contributed by atoms with Gasteiger partial charge in [-0.3, -0.25) is 0 Å². The van der Waals surface area contributed by atoms with Gasteiger partial charge in [-0.15, -0.1) is 0 Å². The quantitative estimate of drug-likeness (QED) is 0.804. The fourth-order valence-corrected chi connectivity index (χ4v) is 3.15. The molecule has 0 aliphatic heterocycles. The molecule has 0 radical (unpaired) electrons. The van der Waals surface area contributed by atoms with Gasteiger partial charge in [-0.05, 0) is 44.2 Å². The number of hydrogen-bond donors (Lipinski definition) is 1. The Hall–Kier alpha value is -0.820. The molecule has 0 heterocycles. The van der Waals surface area contributed by atoms with Crippen LogP contribution in [0.25, 0.3) is 0 Å². The van der Waals surface area contributed by atoms with Gasteiger partial charge in [0.15, 0.2) is 0 Å². The molecule has 1 aromatic rings. The molecule has 1 aromatic carbocycles. The van der Waals surface area contributed by atoms with Gasteiger partial charge in [0.1, 0.15) is 0 Å². The van der Waals surface area contributed by atoms with Crippen LogP contribution < -0.4 is 5.32 Å². The normalized spacial score (nSPS) is 20.4. The Kier molecular flexibility index (Phi) is 4.22. The average molecular weight is 231 g/mol. The Balaban J connectivity index is 2.22. The fraction of sp³-hybridized carbons (Fsp3) is 0.625. The highest BCUT2D eigenvalue weighted by Crippen LogP contribution is 2.40. The smallest absolute Gasteiger partial charge is 0.0434 e. The van der Waals surface area contributed by atoms with Gasteiger partial charge in [-0.2, -0.15) is 0 Å². The third-order valence-electron chi connectivity index (χ3n) is 4.29. The molecule has 94 valence electrons. The van der Waals surface area contributed by atoms with Crippen molar-refractivity contribution >= 4 is 0 Å². The number of benzene rings is 1. The second kappa shape index (κ2) is 5.68. The number of nitrogens with one attached hydrogen (secondary N) is 1. The summed E-state index contributed by atoms with van der Waals surface area (Å²) in [5.74, 6) is 0.802. The first-order valence-corrected chi connectivity index (χ1v) is 7.08. The first-order valence-electron chi connectivity index (χ1n) is 7.08. The molecule has 17 heavy (non-hydrogen) atoms. The minimum Gasteiger partial charge on any atom is -0.307 e. The fourth-order valence-electron chi connectivity index (χ4n) is 3.15. The summed E-state index contributed by atoms with van der Waals surface area (Å²) in [6.45, 7) is 5.75. The van der Waals surface area contributed by atoms with Crippen LogP contribution in [0.5, 0.6) is 0 Å². The van der Waals surface area contributed by atoms with Gasteiger partial charge in [-0.25, -0.2) is 0 Å². The maximum atomic E-state index is 3.80. The number of hydrogen-bond acceptors (Lipinski definition) is 1. The summed E-state index contributed by atoms with van der Waals surface area (Å²) in [6, 6.07) is 11.0. The van der Waals surface area contributed by atoms with Crippen LogP contribution >= 0.6 is 0 Å². The highest BCUT2D eigenvalue weighted by atomic mass is 15.0. The maximum Gasteiger partial charge on any atom is 0.0434 e. The van der Waals surface area contributed by atoms with Crippen molar-refractivity contribution in [2.45, 2.75) is 51.5 Å². The monoisotopic (exact) mass is 231 g/mol. The lowest BCUT2D eigenvalue weighted by Gasteiger charge is -2.37. The van der Waals surface area contributed by atoms with E-state index in [-0.39, 0.29) is 5.54 Å². The summed E-state index contributed by atoms with van der Waals surface area (Å²) in [5.41, 5.74) is 1.63. The Morgan fingerprint density at radius 1 is 1.18 bits per heavy atom. The second-order valence-electron chi connectivity index (χ2n) is 5.48. The molecule has 0 spiro atoms. The molecule has 1 atom stereocenters. The van der Waals surface area contributed by atoms with Crippen molar-refractivity contribution in [3.05, 3.63) is 35.9 Å². The van der Waals surface area contributed by atoms with Gasteiger partial charge in [0.25, 0.3) is 0 Å². The summed E-state index contributed by atoms with van der Waals surface area (Å²) in [4.78, 5) is 0. The summed E-state index contributed by atoms with van der Waals surface area (Å²) in [6.07, 6.45) is 6.77. The van der Waals surface area contributed by atoms with Crippen LogP contribution in [0.1, 0.15) is 51.5 Å². The van der Waals surface area contributed by atoms with Gasteiger partial charge in [0, 0.05) is 5.54 Å². The highest BCUT2D eigenvalue weighted by Gasteiger charge is 2.36. The second-order valence-corrected chi connectivity index (χ2v) is 5.48. The van der Waals surface area contributed by atoms with Crippen LogP contribution in [0.15, 0.2) is 30.3 Å². The van der Waals surface area contributed by atoms with Crippen molar-refractivity contribution in [3.63, 3.8) is 0 Å². The summed E-state index contributed by atoms with van der Waals surface area (Å²) in [5, 5.41) is 3.80. The van der Waals surface area contributed by atoms with Gasteiger partial charge >= 0.3 is 0 Å². The van der Waals surface area contributed by atoms with E-state index in [1.165, 1.54) is 37.7 Å². The molecule has 1 nitrogen and oxygen atoms in total. The van der Waals surface area contributed by atoms with E-state index in [1.807, 2.05) is 0 Å². The standard InChI is InChI=1S/C16H25N/c1-3-13-17-16(2,15-11-7-8-12-15)14-9-5-4-6-10-14/h4-6,9-10,15,17H,3,7-8,11-13H2,1-2H3. The molecular weight excluding hydrogens is 206 g/mol. The summed E-state index contributed by atoms with van der Waals surface area (Å²) in [7, 11) is 0. The van der Waals surface area contributed by atoms with Gasteiger partial charge in [0.05, 0.1) is 0 Å². The zero-order valence-corrected chi connectivity index (χ0v) is 11.2. The topological polar surface area (TPSA) is 12.0 Å². The van der Waals surface area contributed by atoms with Crippen molar-refractivity contribution < 1.29 is 0 Å². The molecule has 1 saturated carbocycles. The van der Waals surface area contributed by atoms with Gasteiger partial charge in [0.2, 0.25) is 0 Å². The van der Waals surface area contributed by atoms with Crippen LogP contribution in [-0.4, -0.2) is 6.54 Å². The zero-order valence-electron chi connectivity index (χ0n) is 11.2. The van der Waals surface area contributed by atoms with Crippen molar-refractivity contribution in [1.82, 2.24) is 5.32 Å². The highest BCUT2D eigenvalue weighted by molar-refractivity contribution is 5.25. The molecular formula is C16H25N. The van der Waals surface area contributed by atoms with Crippen molar-refractivity contribution in [2.24, 2.45) is 5.92 Å². The Bertz CT molecular complexity index is 327. The first kappa shape index (κ1) is 12.6. The van der Waals surface area contributed by atoms with Gasteiger partial charge < -0.3 is 5.32 Å². The molecule has 1 fully saturated rings. The van der Waals surface area contributed by atoms with Crippen molar-refractivity contribution in [3.8, 4) is 0 Å². The number of rotatable bonds is 5. The third kappa shape index (κ3) is 2.71. The molecule has 2 rings (SSSR count). The lowest BCUT2D eigenvalue weighted by Crippen LogP contribution is -2.45. The third-order valence-corrected chi connectivity index (χ3v) is 4.29. The molecule has 1 unspecified atom stereocenters. The summed E-state index contributed by atoms with van der Waals surface area (Å²) >= 11 is 0. The van der Waals surface area contributed by atoms with Crippen LogP contribution in [0.3, 0.4) is 0 Å². The molecule has 1 heteroatoms. The van der Waals surface area contributed by atoms with Crippen molar-refractivity contribution in [2.75, 3.05) is 6.54 Å². The van der Waals surface area contributed by atoms with E-state index >= 15 is 0 Å². The maximum absolute atomic E-state index is 3.80. The van der Waals surface area contributed by atoms with Crippen molar-refractivity contribution in [1.29, 1.82) is 0 Å². The Labute approximate surface area is 106 Å². The predicted octanol–water partition coefficient (Wildman–Crippen LogP) is 4.09. The molecule has 1 aliphatic rings. The minimum absolute atomic E-state index is 0.174. The molecule has 0 saturated heterocycles. The SMILES string of the molecule is CCCNC(C)(c1ccccc1)C1CCCC1. The zero-order chi connectivity index (χ0) is 12.1. The molecule has 1 aliphatic carbocycles. The molecule has 0 amide bonds. The summed E-state index contributed by atoms with van der Waals surface area (Å²) < 4.78 is 0. The van der Waals surface area contributed by atoms with E-state index in [2.05, 4.69) is 49.5 Å². The molecule has 0 aromatic heterocycles. The molecule has 1 N–H and O–H groups in total. The van der Waals surface area contributed by atoms with Crippen LogP contribution in [-0.2, 0) is 5.54 Å². The van der Waals surface area contributed by atoms with E-state index in [4.69, 9.17) is 0 Å². The van der Waals surface area contributed by atoms with Crippen LogP contribution in [0.2, 0.25) is 0 Å².